The van der Waals surface area contributed by atoms with Crippen LogP contribution >= 0.6 is 0 Å². The molecule has 0 aromatic carbocycles. The van der Waals surface area contributed by atoms with E-state index in [9.17, 15) is 13.2 Å². The molecule has 0 aliphatic carbocycles. The van der Waals surface area contributed by atoms with E-state index in [0.29, 0.717) is 24.8 Å². The number of nitrogens with zero attached hydrogens (tertiary/aromatic N) is 2. The molecule has 20 heavy (non-hydrogen) atoms. The topological polar surface area (TPSA) is 69.7 Å². The van der Waals surface area contributed by atoms with Crippen LogP contribution in [0.3, 0.4) is 0 Å². The van der Waals surface area contributed by atoms with Gasteiger partial charge in [-0.3, -0.25) is 4.79 Å². The Morgan fingerprint density at radius 1 is 1.10 bits per heavy atom. The average Bonchev–Trinajstić information content (AvgIpc) is 2.91. The van der Waals surface area contributed by atoms with Crippen LogP contribution in [0.4, 0.5) is 0 Å². The maximum atomic E-state index is 12.3. The van der Waals surface area contributed by atoms with Crippen LogP contribution in [0.1, 0.15) is 19.3 Å². The van der Waals surface area contributed by atoms with Gasteiger partial charge >= 0.3 is 0 Å². The average molecular weight is 301 g/mol. The Morgan fingerprint density at radius 2 is 1.75 bits per heavy atom. The van der Waals surface area contributed by atoms with Crippen molar-refractivity contribution in [3.63, 3.8) is 0 Å². The molecule has 3 heterocycles. The van der Waals surface area contributed by atoms with Gasteiger partial charge < -0.3 is 10.2 Å². The molecular weight excluding hydrogens is 278 g/mol. The number of carbonyl (C=O) groups is 1. The minimum atomic E-state index is -3.17. The molecule has 0 aromatic rings. The van der Waals surface area contributed by atoms with Crippen LogP contribution in [0.25, 0.3) is 0 Å². The van der Waals surface area contributed by atoms with Crippen LogP contribution in [-0.4, -0.2) is 68.6 Å². The van der Waals surface area contributed by atoms with Crippen LogP contribution in [0.5, 0.6) is 0 Å². The molecule has 0 unspecified atom stereocenters. The van der Waals surface area contributed by atoms with Crippen LogP contribution < -0.4 is 5.32 Å². The summed E-state index contributed by atoms with van der Waals surface area (Å²) in [5, 5.41) is 3.41. The molecule has 3 saturated heterocycles. The van der Waals surface area contributed by atoms with E-state index < -0.39 is 10.0 Å². The zero-order valence-electron chi connectivity index (χ0n) is 11.8. The largest absolute Gasteiger partial charge is 0.342 e. The van der Waals surface area contributed by atoms with E-state index in [1.54, 1.807) is 0 Å². The SMILES string of the molecule is O=C(CN1CCCS1(=O)=O)N1CC[C@@H]2CNC[C@@H]2CC1. The Hall–Kier alpha value is -0.660. The summed E-state index contributed by atoms with van der Waals surface area (Å²) in [6.45, 7) is 4.21. The van der Waals surface area contributed by atoms with Crippen LogP contribution in [0.2, 0.25) is 0 Å². The number of likely N-dealkylation sites (tertiary alicyclic amines) is 1. The molecule has 3 aliphatic heterocycles. The summed E-state index contributed by atoms with van der Waals surface area (Å²) >= 11 is 0. The van der Waals surface area contributed by atoms with Crippen LogP contribution in [0, 0.1) is 11.8 Å². The van der Waals surface area contributed by atoms with Gasteiger partial charge in [0.05, 0.1) is 12.3 Å². The fraction of sp³-hybridized carbons (Fsp3) is 0.923. The lowest BCUT2D eigenvalue weighted by Crippen LogP contribution is -2.41. The van der Waals surface area contributed by atoms with Crippen molar-refractivity contribution in [3.05, 3.63) is 0 Å². The maximum Gasteiger partial charge on any atom is 0.237 e. The fourth-order valence-electron chi connectivity index (χ4n) is 3.59. The molecule has 0 spiro atoms. The van der Waals surface area contributed by atoms with Crippen molar-refractivity contribution in [3.8, 4) is 0 Å². The third kappa shape index (κ3) is 2.84. The minimum absolute atomic E-state index is 0.0246. The second-order valence-corrected chi connectivity index (χ2v) is 8.23. The number of amides is 1. The molecule has 2 atom stereocenters. The van der Waals surface area contributed by atoms with Gasteiger partial charge in [0.2, 0.25) is 15.9 Å². The molecule has 1 N–H and O–H groups in total. The van der Waals surface area contributed by atoms with E-state index >= 15 is 0 Å². The fourth-order valence-corrected chi connectivity index (χ4v) is 5.05. The zero-order valence-corrected chi connectivity index (χ0v) is 12.6. The van der Waals surface area contributed by atoms with E-state index in [1.165, 1.54) is 4.31 Å². The number of sulfonamides is 1. The highest BCUT2D eigenvalue weighted by Gasteiger charge is 2.34. The monoisotopic (exact) mass is 301 g/mol. The molecular formula is C13H23N3O3S. The van der Waals surface area contributed by atoms with Gasteiger partial charge in [0.25, 0.3) is 0 Å². The first kappa shape index (κ1) is 14.3. The standard InChI is InChI=1S/C13H23N3O3S/c17-13(10-16-4-1-7-20(16,18)19)15-5-2-11-8-14-9-12(11)3-6-15/h11-12,14H,1-10H2/t11-,12+. The number of rotatable bonds is 2. The predicted molar refractivity (Wildman–Crippen MR) is 75.6 cm³/mol. The summed E-state index contributed by atoms with van der Waals surface area (Å²) in [5.74, 6) is 1.53. The second kappa shape index (κ2) is 5.61. The normalized spacial score (nSPS) is 33.9. The molecule has 1 amide bonds. The number of hydrogen-bond donors (Lipinski definition) is 1. The van der Waals surface area contributed by atoms with Gasteiger partial charge in [-0.25, -0.2) is 8.42 Å². The Bertz CT molecular complexity index is 465. The van der Waals surface area contributed by atoms with E-state index in [-0.39, 0.29) is 18.2 Å². The van der Waals surface area contributed by atoms with Crippen molar-refractivity contribution in [2.75, 3.05) is 45.0 Å². The summed E-state index contributed by atoms with van der Waals surface area (Å²) in [7, 11) is -3.17. The summed E-state index contributed by atoms with van der Waals surface area (Å²) < 4.78 is 24.9. The Kier molecular flexibility index (Phi) is 4.01. The molecule has 3 rings (SSSR count). The molecule has 3 aliphatic rings. The third-order valence-corrected chi connectivity index (χ3v) is 6.79. The highest BCUT2D eigenvalue weighted by Crippen LogP contribution is 2.27. The summed E-state index contributed by atoms with van der Waals surface area (Å²) in [6, 6.07) is 0. The van der Waals surface area contributed by atoms with Gasteiger partial charge in [-0.2, -0.15) is 4.31 Å². The molecule has 0 aromatic heterocycles. The third-order valence-electron chi connectivity index (χ3n) is 4.89. The summed E-state index contributed by atoms with van der Waals surface area (Å²) in [5.41, 5.74) is 0. The molecule has 7 heteroatoms. The lowest BCUT2D eigenvalue weighted by molar-refractivity contribution is -0.131. The first-order valence-electron chi connectivity index (χ1n) is 7.52. The van der Waals surface area contributed by atoms with Gasteiger partial charge in [-0.05, 0) is 44.2 Å². The smallest absolute Gasteiger partial charge is 0.237 e. The van der Waals surface area contributed by atoms with Gasteiger partial charge in [0.1, 0.15) is 0 Å². The van der Waals surface area contributed by atoms with Crippen molar-refractivity contribution < 1.29 is 13.2 Å². The van der Waals surface area contributed by atoms with Crippen LogP contribution in [0.15, 0.2) is 0 Å². The van der Waals surface area contributed by atoms with Gasteiger partial charge in [-0.15, -0.1) is 0 Å². The minimum Gasteiger partial charge on any atom is -0.342 e. The van der Waals surface area contributed by atoms with E-state index in [2.05, 4.69) is 5.32 Å². The van der Waals surface area contributed by atoms with E-state index in [1.807, 2.05) is 4.90 Å². The zero-order chi connectivity index (χ0) is 14.2. The number of carbonyl (C=O) groups excluding carboxylic acids is 1. The Labute approximate surface area is 120 Å². The molecule has 114 valence electrons. The van der Waals surface area contributed by atoms with Gasteiger partial charge in [0.15, 0.2) is 0 Å². The summed E-state index contributed by atoms with van der Waals surface area (Å²) in [6.07, 6.45) is 2.72. The van der Waals surface area contributed by atoms with E-state index in [0.717, 1.165) is 39.0 Å². The number of fused-ring (bicyclic) bond motifs is 1. The van der Waals surface area contributed by atoms with Crippen molar-refractivity contribution >= 4 is 15.9 Å². The van der Waals surface area contributed by atoms with E-state index in [4.69, 9.17) is 0 Å². The highest BCUT2D eigenvalue weighted by atomic mass is 32.2. The van der Waals surface area contributed by atoms with Crippen molar-refractivity contribution in [2.45, 2.75) is 19.3 Å². The molecule has 6 nitrogen and oxygen atoms in total. The predicted octanol–water partition coefficient (Wildman–Crippen LogP) is -0.520. The Morgan fingerprint density at radius 3 is 2.30 bits per heavy atom. The molecule has 0 radical (unpaired) electrons. The van der Waals surface area contributed by atoms with Crippen LogP contribution in [-0.2, 0) is 14.8 Å². The lowest BCUT2D eigenvalue weighted by Gasteiger charge is -2.23. The van der Waals surface area contributed by atoms with Crippen molar-refractivity contribution in [2.24, 2.45) is 11.8 Å². The van der Waals surface area contributed by atoms with Crippen molar-refractivity contribution in [1.29, 1.82) is 0 Å². The van der Waals surface area contributed by atoms with Crippen molar-refractivity contribution in [1.82, 2.24) is 14.5 Å². The first-order chi connectivity index (χ1) is 9.56. The quantitative estimate of drug-likeness (QED) is 0.745. The highest BCUT2D eigenvalue weighted by molar-refractivity contribution is 7.89. The first-order valence-corrected chi connectivity index (χ1v) is 9.13. The number of hydrogen-bond acceptors (Lipinski definition) is 4. The second-order valence-electron chi connectivity index (χ2n) is 6.14. The number of nitrogens with one attached hydrogen (secondary N) is 1. The Balaban J connectivity index is 1.57. The lowest BCUT2D eigenvalue weighted by atomic mass is 9.92. The van der Waals surface area contributed by atoms with Gasteiger partial charge in [0, 0.05) is 19.6 Å². The summed E-state index contributed by atoms with van der Waals surface area (Å²) in [4.78, 5) is 14.2. The molecule has 0 saturated carbocycles. The molecule has 0 bridgehead atoms. The molecule has 3 fully saturated rings. The van der Waals surface area contributed by atoms with Gasteiger partial charge in [-0.1, -0.05) is 0 Å². The maximum absolute atomic E-state index is 12.3.